The Bertz CT molecular complexity index is 1300. The van der Waals surface area contributed by atoms with Crippen LogP contribution in [0.1, 0.15) is 29.5 Å². The summed E-state index contributed by atoms with van der Waals surface area (Å²) in [6.45, 7) is 9.41. The Kier molecular flexibility index (Phi) is 6.79. The number of amides is 1. The third kappa shape index (κ3) is 5.33. The Labute approximate surface area is 201 Å². The third-order valence-corrected chi connectivity index (χ3v) is 7.68. The molecule has 0 radical (unpaired) electrons. The average Bonchev–Trinajstić information content (AvgIpc) is 3.12. The Morgan fingerprint density at radius 3 is 2.56 bits per heavy atom. The van der Waals surface area contributed by atoms with E-state index in [0.717, 1.165) is 16.8 Å². The second-order valence-electron chi connectivity index (χ2n) is 9.09. The first kappa shape index (κ1) is 24.0. The maximum Gasteiger partial charge on any atom is 0.237 e. The van der Waals surface area contributed by atoms with Crippen LogP contribution in [0.5, 0.6) is 0 Å². The van der Waals surface area contributed by atoms with E-state index in [4.69, 9.17) is 4.42 Å². The van der Waals surface area contributed by atoms with Gasteiger partial charge in [0.15, 0.2) is 9.84 Å². The van der Waals surface area contributed by atoms with Crippen LogP contribution in [0.25, 0.3) is 11.5 Å². The van der Waals surface area contributed by atoms with E-state index in [2.05, 4.69) is 41.9 Å². The fraction of sp³-hybridized carbons (Fsp3) is 0.385. The van der Waals surface area contributed by atoms with Gasteiger partial charge in [-0.2, -0.15) is 0 Å². The summed E-state index contributed by atoms with van der Waals surface area (Å²) in [6.07, 6.45) is 0. The topological polar surface area (TPSA) is 83.7 Å². The van der Waals surface area contributed by atoms with Crippen LogP contribution in [0.15, 0.2) is 52.9 Å². The first-order valence-corrected chi connectivity index (χ1v) is 13.3. The lowest BCUT2D eigenvalue weighted by atomic mass is 10.1. The molecular formula is C26H31N3O4S. The van der Waals surface area contributed by atoms with Gasteiger partial charge in [0.25, 0.3) is 0 Å². The van der Waals surface area contributed by atoms with Crippen molar-refractivity contribution in [2.75, 3.05) is 30.3 Å². The zero-order valence-electron chi connectivity index (χ0n) is 20.1. The lowest BCUT2D eigenvalue weighted by Crippen LogP contribution is -2.54. The van der Waals surface area contributed by atoms with Crippen molar-refractivity contribution < 1.29 is 17.6 Å². The summed E-state index contributed by atoms with van der Waals surface area (Å²) in [7, 11) is -3.70. The van der Waals surface area contributed by atoms with Crippen molar-refractivity contribution in [2.45, 2.75) is 39.5 Å². The summed E-state index contributed by atoms with van der Waals surface area (Å²) in [5.74, 6) is -0.367. The molecule has 34 heavy (non-hydrogen) atoms. The van der Waals surface area contributed by atoms with Crippen LogP contribution < -0.4 is 4.90 Å². The second kappa shape index (κ2) is 9.62. The normalized spacial score (nSPS) is 16.6. The minimum absolute atomic E-state index is 0.0941. The number of carbonyl (C=O) groups is 1. The Morgan fingerprint density at radius 1 is 1.09 bits per heavy atom. The highest BCUT2D eigenvalue weighted by molar-refractivity contribution is 7.91. The average molecular weight is 482 g/mol. The molecule has 1 unspecified atom stereocenters. The van der Waals surface area contributed by atoms with Gasteiger partial charge in [-0.05, 0) is 57.0 Å². The van der Waals surface area contributed by atoms with E-state index in [0.29, 0.717) is 37.0 Å². The van der Waals surface area contributed by atoms with Gasteiger partial charge in [0.2, 0.25) is 11.8 Å². The monoisotopic (exact) mass is 481 g/mol. The van der Waals surface area contributed by atoms with E-state index in [1.54, 1.807) is 11.8 Å². The largest absolute Gasteiger partial charge is 0.441 e. The standard InChI is InChI=1S/C26H31N3O4S/c1-18-8-7-10-22(14-18)29-13-12-28(15-20(29)3)25(30)17-34(31,32)16-24-21(4)33-26(27-24)23-11-6-5-9-19(23)2/h5-11,14,20H,12-13,15-17H2,1-4H3. The Balaban J connectivity index is 1.40. The number of carbonyl (C=O) groups excluding carboxylic acids is 1. The molecule has 0 bridgehead atoms. The van der Waals surface area contributed by atoms with Gasteiger partial charge in [0.1, 0.15) is 11.5 Å². The van der Waals surface area contributed by atoms with Crippen molar-refractivity contribution in [1.82, 2.24) is 9.88 Å². The zero-order chi connectivity index (χ0) is 24.5. The predicted octanol–water partition coefficient (Wildman–Crippen LogP) is 3.92. The lowest BCUT2D eigenvalue weighted by molar-refractivity contribution is -0.129. The predicted molar refractivity (Wildman–Crippen MR) is 133 cm³/mol. The second-order valence-corrected chi connectivity index (χ2v) is 11.2. The van der Waals surface area contributed by atoms with Gasteiger partial charge in [-0.3, -0.25) is 4.79 Å². The van der Waals surface area contributed by atoms with E-state index >= 15 is 0 Å². The number of aromatic nitrogens is 1. The van der Waals surface area contributed by atoms with Crippen molar-refractivity contribution in [1.29, 1.82) is 0 Å². The first-order chi connectivity index (χ1) is 16.1. The molecule has 0 saturated carbocycles. The summed E-state index contributed by atoms with van der Waals surface area (Å²) in [6, 6.07) is 16.0. The number of nitrogens with zero attached hydrogens (tertiary/aromatic N) is 3. The summed E-state index contributed by atoms with van der Waals surface area (Å²) >= 11 is 0. The molecule has 1 aliphatic heterocycles. The molecule has 1 fully saturated rings. The van der Waals surface area contributed by atoms with Crippen LogP contribution in [-0.4, -0.2) is 55.6 Å². The van der Waals surface area contributed by atoms with Crippen LogP contribution >= 0.6 is 0 Å². The van der Waals surface area contributed by atoms with Crippen molar-refractivity contribution in [3.05, 3.63) is 71.1 Å². The molecule has 1 aliphatic rings. The molecule has 0 aliphatic carbocycles. The molecule has 1 amide bonds. The Hall–Kier alpha value is -3.13. The van der Waals surface area contributed by atoms with Crippen LogP contribution in [-0.2, 0) is 20.4 Å². The van der Waals surface area contributed by atoms with Crippen molar-refractivity contribution in [3.63, 3.8) is 0 Å². The number of hydrogen-bond acceptors (Lipinski definition) is 6. The number of rotatable bonds is 6. The van der Waals surface area contributed by atoms with Gasteiger partial charge in [0, 0.05) is 36.9 Å². The van der Waals surface area contributed by atoms with Crippen LogP contribution in [0.4, 0.5) is 5.69 Å². The third-order valence-electron chi connectivity index (χ3n) is 6.28. The number of oxazole rings is 1. The number of aryl methyl sites for hydroxylation is 3. The molecule has 0 spiro atoms. The summed E-state index contributed by atoms with van der Waals surface area (Å²) in [5, 5.41) is 0. The molecule has 7 nitrogen and oxygen atoms in total. The highest BCUT2D eigenvalue weighted by atomic mass is 32.2. The van der Waals surface area contributed by atoms with E-state index in [1.165, 1.54) is 5.56 Å². The van der Waals surface area contributed by atoms with E-state index < -0.39 is 15.6 Å². The molecule has 2 heterocycles. The summed E-state index contributed by atoms with van der Waals surface area (Å²) < 4.78 is 31.5. The van der Waals surface area contributed by atoms with Crippen LogP contribution in [0.2, 0.25) is 0 Å². The smallest absolute Gasteiger partial charge is 0.237 e. The quantitative estimate of drug-likeness (QED) is 0.531. The van der Waals surface area contributed by atoms with E-state index in [9.17, 15) is 13.2 Å². The maximum absolute atomic E-state index is 12.9. The van der Waals surface area contributed by atoms with Gasteiger partial charge < -0.3 is 14.2 Å². The molecule has 2 aromatic carbocycles. The van der Waals surface area contributed by atoms with Crippen molar-refractivity contribution >= 4 is 21.4 Å². The van der Waals surface area contributed by atoms with Gasteiger partial charge in [-0.1, -0.05) is 30.3 Å². The van der Waals surface area contributed by atoms with Crippen LogP contribution in [0, 0.1) is 20.8 Å². The summed E-state index contributed by atoms with van der Waals surface area (Å²) in [5.41, 5.74) is 4.47. The molecule has 8 heteroatoms. The van der Waals surface area contributed by atoms with E-state index in [1.807, 2.05) is 37.3 Å². The molecule has 4 rings (SSSR count). The summed E-state index contributed by atoms with van der Waals surface area (Å²) in [4.78, 5) is 21.2. The number of anilines is 1. The first-order valence-electron chi connectivity index (χ1n) is 11.5. The van der Waals surface area contributed by atoms with Crippen molar-refractivity contribution in [2.24, 2.45) is 0 Å². The molecule has 1 atom stereocenters. The molecule has 1 aromatic heterocycles. The minimum Gasteiger partial charge on any atom is -0.441 e. The zero-order valence-corrected chi connectivity index (χ0v) is 20.9. The lowest BCUT2D eigenvalue weighted by Gasteiger charge is -2.41. The molecule has 3 aromatic rings. The molecule has 180 valence electrons. The van der Waals surface area contributed by atoms with E-state index in [-0.39, 0.29) is 17.7 Å². The Morgan fingerprint density at radius 2 is 1.85 bits per heavy atom. The molecule has 1 saturated heterocycles. The number of hydrogen-bond donors (Lipinski definition) is 0. The SMILES string of the molecule is Cc1cccc(N2CCN(C(=O)CS(=O)(=O)Cc3nc(-c4ccccc4C)oc3C)CC2C)c1. The number of piperazine rings is 1. The van der Waals surface area contributed by atoms with Gasteiger partial charge in [-0.25, -0.2) is 13.4 Å². The fourth-order valence-electron chi connectivity index (χ4n) is 4.40. The fourth-order valence-corrected chi connectivity index (χ4v) is 5.75. The minimum atomic E-state index is -3.70. The molecular weight excluding hydrogens is 450 g/mol. The highest BCUT2D eigenvalue weighted by Crippen LogP contribution is 2.26. The number of sulfone groups is 1. The number of benzene rings is 2. The maximum atomic E-state index is 12.9. The van der Waals surface area contributed by atoms with Crippen LogP contribution in [0.3, 0.4) is 0 Å². The van der Waals surface area contributed by atoms with Crippen molar-refractivity contribution in [3.8, 4) is 11.5 Å². The van der Waals surface area contributed by atoms with Gasteiger partial charge >= 0.3 is 0 Å². The van der Waals surface area contributed by atoms with Gasteiger partial charge in [-0.15, -0.1) is 0 Å². The molecule has 0 N–H and O–H groups in total. The highest BCUT2D eigenvalue weighted by Gasteiger charge is 2.30. The van der Waals surface area contributed by atoms with Gasteiger partial charge in [0.05, 0.1) is 11.4 Å².